The van der Waals surface area contributed by atoms with Crippen LogP contribution in [-0.2, 0) is 22.5 Å². The highest BCUT2D eigenvalue weighted by Crippen LogP contribution is 2.14. The summed E-state index contributed by atoms with van der Waals surface area (Å²) in [5.74, 6) is 0.206. The Hall–Kier alpha value is -3.26. The van der Waals surface area contributed by atoms with E-state index in [1.807, 2.05) is 63.2 Å². The van der Waals surface area contributed by atoms with Crippen LogP contribution in [0, 0.1) is 0 Å². The molecule has 1 atom stereocenters. The molecule has 35 heavy (non-hydrogen) atoms. The van der Waals surface area contributed by atoms with E-state index in [4.69, 9.17) is 9.47 Å². The molecule has 0 spiro atoms. The Morgan fingerprint density at radius 1 is 0.971 bits per heavy atom. The van der Waals surface area contributed by atoms with E-state index in [2.05, 4.69) is 10.2 Å². The van der Waals surface area contributed by atoms with Gasteiger partial charge in [0, 0.05) is 32.2 Å². The second-order valence-corrected chi connectivity index (χ2v) is 9.90. The zero-order valence-electron chi connectivity index (χ0n) is 20.9. The molecule has 3 rings (SSSR count). The largest absolute Gasteiger partial charge is 0.508 e. The minimum absolute atomic E-state index is 0.189. The second-order valence-electron chi connectivity index (χ2n) is 9.90. The van der Waals surface area contributed by atoms with E-state index in [0.717, 1.165) is 24.1 Å². The van der Waals surface area contributed by atoms with Gasteiger partial charge >= 0.3 is 12.2 Å². The molecule has 2 aromatic carbocycles. The zero-order chi connectivity index (χ0) is 25.3. The summed E-state index contributed by atoms with van der Waals surface area (Å²) in [6, 6.07) is 16.5. The van der Waals surface area contributed by atoms with Crippen molar-refractivity contribution >= 4 is 12.2 Å². The van der Waals surface area contributed by atoms with Crippen molar-refractivity contribution in [1.29, 1.82) is 0 Å². The molecule has 2 amide bonds. The molecule has 1 saturated heterocycles. The number of ether oxygens (including phenoxy) is 2. The summed E-state index contributed by atoms with van der Waals surface area (Å²) in [5.41, 5.74) is 1.38. The smallest absolute Gasteiger partial charge is 0.410 e. The number of aromatic hydroxyl groups is 1. The highest BCUT2D eigenvalue weighted by Gasteiger charge is 2.25. The van der Waals surface area contributed by atoms with Crippen LogP contribution in [0.2, 0.25) is 0 Å². The molecule has 190 valence electrons. The first-order valence-electron chi connectivity index (χ1n) is 12.1. The number of nitrogens with zero attached hydrogens (tertiary/aromatic N) is 2. The van der Waals surface area contributed by atoms with E-state index in [1.54, 1.807) is 17.0 Å². The van der Waals surface area contributed by atoms with Gasteiger partial charge in [0.05, 0.1) is 0 Å². The Morgan fingerprint density at radius 3 is 2.37 bits per heavy atom. The molecule has 1 fully saturated rings. The third-order valence-corrected chi connectivity index (χ3v) is 5.67. The SMILES string of the molecule is CC(C)(C)OC(=O)NC(Cc1ccc(O)cc1)CN1CCCN(C(=O)OCc2ccccc2)CC1. The number of nitrogens with one attached hydrogen (secondary N) is 1. The Kier molecular flexibility index (Phi) is 9.37. The molecular weight excluding hydrogens is 446 g/mol. The van der Waals surface area contributed by atoms with Crippen molar-refractivity contribution in [1.82, 2.24) is 15.1 Å². The Labute approximate surface area is 207 Å². The van der Waals surface area contributed by atoms with Gasteiger partial charge in [0.1, 0.15) is 18.0 Å². The van der Waals surface area contributed by atoms with Crippen molar-refractivity contribution in [2.75, 3.05) is 32.7 Å². The van der Waals surface area contributed by atoms with Crippen molar-refractivity contribution in [3.8, 4) is 5.75 Å². The van der Waals surface area contributed by atoms with Gasteiger partial charge in [-0.1, -0.05) is 42.5 Å². The average molecular weight is 484 g/mol. The Balaban J connectivity index is 1.56. The maximum absolute atomic E-state index is 12.6. The zero-order valence-corrected chi connectivity index (χ0v) is 20.9. The summed E-state index contributed by atoms with van der Waals surface area (Å²) in [5, 5.41) is 12.6. The molecule has 1 aliphatic heterocycles. The van der Waals surface area contributed by atoms with E-state index in [0.29, 0.717) is 32.6 Å². The van der Waals surface area contributed by atoms with E-state index in [1.165, 1.54) is 0 Å². The van der Waals surface area contributed by atoms with Gasteiger partial charge < -0.3 is 24.8 Å². The maximum Gasteiger partial charge on any atom is 0.410 e. The third-order valence-electron chi connectivity index (χ3n) is 5.67. The van der Waals surface area contributed by atoms with Gasteiger partial charge in [-0.25, -0.2) is 9.59 Å². The Bertz CT molecular complexity index is 944. The first kappa shape index (κ1) is 26.3. The molecule has 8 nitrogen and oxygen atoms in total. The van der Waals surface area contributed by atoms with Gasteiger partial charge in [-0.15, -0.1) is 0 Å². The van der Waals surface area contributed by atoms with Crippen molar-refractivity contribution in [3.63, 3.8) is 0 Å². The number of alkyl carbamates (subject to hydrolysis) is 1. The van der Waals surface area contributed by atoms with Crippen molar-refractivity contribution < 1.29 is 24.2 Å². The van der Waals surface area contributed by atoms with E-state index in [9.17, 15) is 14.7 Å². The summed E-state index contributed by atoms with van der Waals surface area (Å²) >= 11 is 0. The number of phenolic OH excluding ortho intramolecular Hbond substituents is 1. The molecule has 0 aromatic heterocycles. The van der Waals surface area contributed by atoms with Gasteiger partial charge in [-0.2, -0.15) is 0 Å². The van der Waals surface area contributed by atoms with Gasteiger partial charge in [0.25, 0.3) is 0 Å². The van der Waals surface area contributed by atoms with Crippen LogP contribution in [0.3, 0.4) is 0 Å². The van der Waals surface area contributed by atoms with Crippen LogP contribution in [0.25, 0.3) is 0 Å². The van der Waals surface area contributed by atoms with E-state index in [-0.39, 0.29) is 24.5 Å². The fourth-order valence-electron chi connectivity index (χ4n) is 4.01. The fraction of sp³-hybridized carbons (Fsp3) is 0.481. The number of hydrogen-bond acceptors (Lipinski definition) is 6. The minimum atomic E-state index is -0.587. The van der Waals surface area contributed by atoms with Gasteiger partial charge in [0.15, 0.2) is 0 Å². The first-order valence-corrected chi connectivity index (χ1v) is 12.1. The number of amides is 2. The molecule has 1 aliphatic rings. The molecule has 0 aliphatic carbocycles. The molecule has 2 N–H and O–H groups in total. The maximum atomic E-state index is 12.6. The lowest BCUT2D eigenvalue weighted by molar-refractivity contribution is 0.0492. The lowest BCUT2D eigenvalue weighted by Crippen LogP contribution is -2.47. The highest BCUT2D eigenvalue weighted by atomic mass is 16.6. The standard InChI is InChI=1S/C27H37N3O5/c1-27(2,3)35-25(32)28-23(18-21-10-12-24(31)13-11-21)19-29-14-7-15-30(17-16-29)26(33)34-20-22-8-5-4-6-9-22/h4-6,8-13,23,31H,7,14-20H2,1-3H3,(H,28,32). The molecule has 0 bridgehead atoms. The Morgan fingerprint density at radius 2 is 1.69 bits per heavy atom. The number of rotatable bonds is 7. The molecule has 0 saturated carbocycles. The van der Waals surface area contributed by atoms with Crippen LogP contribution >= 0.6 is 0 Å². The summed E-state index contributed by atoms with van der Waals surface area (Å²) in [4.78, 5) is 29.1. The number of benzene rings is 2. The number of carbonyl (C=O) groups excluding carboxylic acids is 2. The number of phenols is 1. The summed E-state index contributed by atoms with van der Waals surface area (Å²) < 4.78 is 11.0. The van der Waals surface area contributed by atoms with Crippen LogP contribution in [0.1, 0.15) is 38.3 Å². The quantitative estimate of drug-likeness (QED) is 0.614. The van der Waals surface area contributed by atoms with Gasteiger partial charge in [-0.3, -0.25) is 4.90 Å². The van der Waals surface area contributed by atoms with Crippen LogP contribution in [0.15, 0.2) is 54.6 Å². The minimum Gasteiger partial charge on any atom is -0.508 e. The van der Waals surface area contributed by atoms with Crippen molar-refractivity contribution in [2.45, 2.75) is 51.9 Å². The molecule has 1 heterocycles. The van der Waals surface area contributed by atoms with Gasteiger partial charge in [-0.05, 0) is 63.4 Å². The monoisotopic (exact) mass is 483 g/mol. The number of carbonyl (C=O) groups is 2. The van der Waals surface area contributed by atoms with E-state index >= 15 is 0 Å². The van der Waals surface area contributed by atoms with Crippen molar-refractivity contribution in [3.05, 3.63) is 65.7 Å². The highest BCUT2D eigenvalue weighted by molar-refractivity contribution is 5.68. The van der Waals surface area contributed by atoms with Crippen LogP contribution in [0.4, 0.5) is 9.59 Å². The number of hydrogen-bond donors (Lipinski definition) is 2. The molecule has 2 aromatic rings. The third kappa shape index (κ3) is 9.48. The topological polar surface area (TPSA) is 91.3 Å². The van der Waals surface area contributed by atoms with Gasteiger partial charge in [0.2, 0.25) is 0 Å². The van der Waals surface area contributed by atoms with E-state index < -0.39 is 11.7 Å². The lowest BCUT2D eigenvalue weighted by Gasteiger charge is -2.28. The fourth-order valence-corrected chi connectivity index (χ4v) is 4.01. The summed E-state index contributed by atoms with van der Waals surface area (Å²) in [6.07, 6.45) is 0.655. The predicted octanol–water partition coefficient (Wildman–Crippen LogP) is 4.17. The normalized spacial score (nSPS) is 15.7. The first-order chi connectivity index (χ1) is 16.7. The summed E-state index contributed by atoms with van der Waals surface area (Å²) in [6.45, 7) is 9.07. The average Bonchev–Trinajstić information content (AvgIpc) is 3.04. The van der Waals surface area contributed by atoms with Crippen LogP contribution in [0.5, 0.6) is 5.75 Å². The summed E-state index contributed by atoms with van der Waals surface area (Å²) in [7, 11) is 0. The lowest BCUT2D eigenvalue weighted by atomic mass is 10.1. The molecule has 1 unspecified atom stereocenters. The second kappa shape index (κ2) is 12.4. The molecule has 0 radical (unpaired) electrons. The molecule has 8 heteroatoms. The predicted molar refractivity (Wildman–Crippen MR) is 134 cm³/mol. The van der Waals surface area contributed by atoms with Crippen LogP contribution < -0.4 is 5.32 Å². The van der Waals surface area contributed by atoms with Crippen molar-refractivity contribution in [2.24, 2.45) is 0 Å². The molecular formula is C27H37N3O5. The van der Waals surface area contributed by atoms with Crippen LogP contribution in [-0.4, -0.2) is 71.5 Å².